The summed E-state index contributed by atoms with van der Waals surface area (Å²) in [5.41, 5.74) is 0. The van der Waals surface area contributed by atoms with E-state index in [4.69, 9.17) is 11.6 Å². The molecule has 0 atom stereocenters. The fraction of sp³-hybridized carbons (Fsp3) is 0.273. The molecule has 0 radical (unpaired) electrons. The van der Waals surface area contributed by atoms with E-state index in [2.05, 4.69) is 26.9 Å². The van der Waals surface area contributed by atoms with Gasteiger partial charge in [0.15, 0.2) is 0 Å². The lowest BCUT2D eigenvalue weighted by Gasteiger charge is -2.03. The average molecular weight is 267 g/mol. The van der Waals surface area contributed by atoms with Crippen molar-refractivity contribution in [2.75, 3.05) is 0 Å². The van der Waals surface area contributed by atoms with Crippen LogP contribution in [0.3, 0.4) is 0 Å². The highest BCUT2D eigenvalue weighted by Gasteiger charge is 2.05. The van der Waals surface area contributed by atoms with Crippen molar-refractivity contribution in [3.05, 3.63) is 35.6 Å². The van der Waals surface area contributed by atoms with Crippen LogP contribution >= 0.6 is 23.4 Å². The van der Waals surface area contributed by atoms with Crippen LogP contribution in [0.15, 0.2) is 34.7 Å². The van der Waals surface area contributed by atoms with Gasteiger partial charge in [-0.2, -0.15) is 0 Å². The van der Waals surface area contributed by atoms with E-state index in [0.717, 1.165) is 28.7 Å². The van der Waals surface area contributed by atoms with Crippen molar-refractivity contribution in [1.29, 1.82) is 0 Å². The van der Waals surface area contributed by atoms with Gasteiger partial charge in [-0.05, 0) is 24.2 Å². The normalized spacial score (nSPS) is 10.5. The summed E-state index contributed by atoms with van der Waals surface area (Å²) in [4.78, 5) is 16.6. The lowest BCUT2D eigenvalue weighted by Crippen LogP contribution is -1.96. The molecule has 2 aromatic heterocycles. The lowest BCUT2D eigenvalue weighted by molar-refractivity contribution is 0.809. The molecule has 88 valence electrons. The molecule has 2 rings (SSSR count). The lowest BCUT2D eigenvalue weighted by atomic mass is 10.3. The van der Waals surface area contributed by atoms with E-state index in [9.17, 15) is 0 Å². The Bertz CT molecular complexity index is 492. The van der Waals surface area contributed by atoms with Crippen LogP contribution < -0.4 is 0 Å². The molecule has 0 aliphatic rings. The Morgan fingerprint density at radius 3 is 2.88 bits per heavy atom. The zero-order chi connectivity index (χ0) is 12.1. The molecule has 0 bridgehead atoms. The summed E-state index contributed by atoms with van der Waals surface area (Å²) in [5.74, 6) is 0.775. The standard InChI is InChI=1S/C11H11ClN4S/c1-2-3-9-15-8(12)6-11(16-9)17-10-4-5-13-7-14-10/h4-7H,2-3H2,1H3. The van der Waals surface area contributed by atoms with Crippen molar-refractivity contribution in [2.24, 2.45) is 0 Å². The van der Waals surface area contributed by atoms with Crippen molar-refractivity contribution in [3.63, 3.8) is 0 Å². The summed E-state index contributed by atoms with van der Waals surface area (Å²) >= 11 is 7.41. The minimum Gasteiger partial charge on any atom is -0.245 e. The van der Waals surface area contributed by atoms with Crippen LogP contribution in [0, 0.1) is 0 Å². The van der Waals surface area contributed by atoms with Crippen molar-refractivity contribution in [1.82, 2.24) is 19.9 Å². The molecule has 0 aliphatic heterocycles. The minimum atomic E-state index is 0.472. The van der Waals surface area contributed by atoms with Gasteiger partial charge in [0.1, 0.15) is 27.4 Å². The number of halogens is 1. The second-order valence-electron chi connectivity index (χ2n) is 3.34. The maximum Gasteiger partial charge on any atom is 0.133 e. The van der Waals surface area contributed by atoms with Gasteiger partial charge in [0.05, 0.1) is 0 Å². The Labute approximate surface area is 109 Å². The maximum absolute atomic E-state index is 5.95. The van der Waals surface area contributed by atoms with E-state index in [-0.39, 0.29) is 0 Å². The van der Waals surface area contributed by atoms with E-state index in [1.165, 1.54) is 18.1 Å². The fourth-order valence-corrected chi connectivity index (χ4v) is 2.31. The zero-order valence-electron chi connectivity index (χ0n) is 9.30. The molecule has 0 amide bonds. The van der Waals surface area contributed by atoms with Gasteiger partial charge >= 0.3 is 0 Å². The minimum absolute atomic E-state index is 0.472. The van der Waals surface area contributed by atoms with Gasteiger partial charge in [0, 0.05) is 18.7 Å². The zero-order valence-corrected chi connectivity index (χ0v) is 10.9. The number of hydrogen-bond donors (Lipinski definition) is 0. The summed E-state index contributed by atoms with van der Waals surface area (Å²) in [7, 11) is 0. The molecule has 0 aromatic carbocycles. The molecule has 4 nitrogen and oxygen atoms in total. The summed E-state index contributed by atoms with van der Waals surface area (Å²) in [6, 6.07) is 3.58. The predicted molar refractivity (Wildman–Crippen MR) is 67.2 cm³/mol. The molecule has 0 saturated carbocycles. The van der Waals surface area contributed by atoms with Crippen LogP contribution in [0.4, 0.5) is 0 Å². The van der Waals surface area contributed by atoms with Gasteiger partial charge in [-0.15, -0.1) is 0 Å². The molecule has 6 heteroatoms. The van der Waals surface area contributed by atoms with E-state index in [1.54, 1.807) is 12.3 Å². The van der Waals surface area contributed by atoms with Gasteiger partial charge in [-0.1, -0.05) is 18.5 Å². The summed E-state index contributed by atoms with van der Waals surface area (Å²) < 4.78 is 0. The third-order valence-corrected chi connectivity index (χ3v) is 3.02. The molecular weight excluding hydrogens is 256 g/mol. The Hall–Kier alpha value is -1.20. The Balaban J connectivity index is 2.21. The van der Waals surface area contributed by atoms with Gasteiger partial charge in [-0.25, -0.2) is 19.9 Å². The number of aryl methyl sites for hydroxylation is 1. The maximum atomic E-state index is 5.95. The number of hydrogen-bond acceptors (Lipinski definition) is 5. The van der Waals surface area contributed by atoms with E-state index >= 15 is 0 Å². The first-order valence-corrected chi connectivity index (χ1v) is 6.44. The second-order valence-corrected chi connectivity index (χ2v) is 4.77. The monoisotopic (exact) mass is 266 g/mol. The average Bonchev–Trinajstić information content (AvgIpc) is 2.30. The smallest absolute Gasteiger partial charge is 0.133 e. The van der Waals surface area contributed by atoms with Crippen molar-refractivity contribution in [2.45, 2.75) is 29.8 Å². The predicted octanol–water partition coefficient (Wildman–Crippen LogP) is 3.02. The quantitative estimate of drug-likeness (QED) is 0.796. The molecule has 2 heterocycles. The highest BCUT2D eigenvalue weighted by atomic mass is 35.5. The Morgan fingerprint density at radius 2 is 2.18 bits per heavy atom. The Morgan fingerprint density at radius 1 is 1.29 bits per heavy atom. The summed E-state index contributed by atoms with van der Waals surface area (Å²) in [6.45, 7) is 2.08. The first kappa shape index (κ1) is 12.3. The molecule has 0 saturated heterocycles. The third kappa shape index (κ3) is 3.64. The highest BCUT2D eigenvalue weighted by Crippen LogP contribution is 2.25. The fourth-order valence-electron chi connectivity index (χ4n) is 1.28. The molecule has 0 spiro atoms. The van der Waals surface area contributed by atoms with Gasteiger partial charge in [0.25, 0.3) is 0 Å². The van der Waals surface area contributed by atoms with Gasteiger partial charge < -0.3 is 0 Å². The van der Waals surface area contributed by atoms with E-state index in [1.807, 2.05) is 6.07 Å². The van der Waals surface area contributed by atoms with Crippen molar-refractivity contribution < 1.29 is 0 Å². The van der Waals surface area contributed by atoms with Crippen molar-refractivity contribution >= 4 is 23.4 Å². The van der Waals surface area contributed by atoms with Gasteiger partial charge in [0.2, 0.25) is 0 Å². The SMILES string of the molecule is CCCc1nc(Cl)cc(Sc2ccncn2)n1. The molecule has 17 heavy (non-hydrogen) atoms. The molecular formula is C11H11ClN4S. The van der Waals surface area contributed by atoms with Crippen LogP contribution in [0.1, 0.15) is 19.2 Å². The topological polar surface area (TPSA) is 51.6 Å². The third-order valence-electron chi connectivity index (χ3n) is 1.96. The van der Waals surface area contributed by atoms with E-state index < -0.39 is 0 Å². The number of aromatic nitrogens is 4. The first-order chi connectivity index (χ1) is 8.28. The molecule has 0 aliphatic carbocycles. The van der Waals surface area contributed by atoms with Crippen molar-refractivity contribution in [3.8, 4) is 0 Å². The molecule has 0 unspecified atom stereocenters. The molecule has 0 fully saturated rings. The van der Waals surface area contributed by atoms with Crippen LogP contribution in [-0.2, 0) is 6.42 Å². The number of rotatable bonds is 4. The highest BCUT2D eigenvalue weighted by molar-refractivity contribution is 7.99. The first-order valence-electron chi connectivity index (χ1n) is 5.25. The number of nitrogens with zero attached hydrogens (tertiary/aromatic N) is 4. The molecule has 0 N–H and O–H groups in total. The second kappa shape index (κ2) is 5.93. The molecule has 2 aromatic rings. The van der Waals surface area contributed by atoms with Gasteiger partial charge in [-0.3, -0.25) is 0 Å². The largest absolute Gasteiger partial charge is 0.245 e. The van der Waals surface area contributed by atoms with Crippen LogP contribution in [-0.4, -0.2) is 19.9 Å². The van der Waals surface area contributed by atoms with Crippen LogP contribution in [0.2, 0.25) is 5.15 Å². The van der Waals surface area contributed by atoms with Crippen LogP contribution in [0.25, 0.3) is 0 Å². The summed E-state index contributed by atoms with van der Waals surface area (Å²) in [6.07, 6.45) is 5.04. The van der Waals surface area contributed by atoms with E-state index in [0.29, 0.717) is 5.15 Å². The van der Waals surface area contributed by atoms with Crippen LogP contribution in [0.5, 0.6) is 0 Å². The Kier molecular flexibility index (Phi) is 4.28. The summed E-state index contributed by atoms with van der Waals surface area (Å²) in [5, 5.41) is 2.13.